The Morgan fingerprint density at radius 1 is 0.763 bits per heavy atom. The number of aliphatic hydroxyl groups is 1. The fourth-order valence-electron chi connectivity index (χ4n) is 4.07. The summed E-state index contributed by atoms with van der Waals surface area (Å²) < 4.78 is 6.21. The molecule has 0 fully saturated rings. The smallest absolute Gasteiger partial charge is 0.336 e. The van der Waals surface area contributed by atoms with E-state index in [1.807, 2.05) is 61.5 Å². The minimum absolute atomic E-state index is 0.208. The van der Waals surface area contributed by atoms with Gasteiger partial charge in [0.15, 0.2) is 11.2 Å². The highest BCUT2D eigenvalue weighted by Crippen LogP contribution is 2.53. The first-order valence-electron chi connectivity index (χ1n) is 11.6. The van der Waals surface area contributed by atoms with Gasteiger partial charge in [-0.15, -0.1) is 0 Å². The number of hydrogen-bond acceptors (Lipinski definition) is 7. The van der Waals surface area contributed by atoms with Gasteiger partial charge in [-0.2, -0.15) is 0 Å². The van der Waals surface area contributed by atoms with Crippen molar-refractivity contribution in [2.75, 3.05) is 0 Å². The van der Waals surface area contributed by atoms with Crippen LogP contribution in [0.25, 0.3) is 0 Å². The van der Waals surface area contributed by atoms with Crippen molar-refractivity contribution in [3.8, 4) is 0 Å². The monoisotopic (exact) mass is 538 g/mol. The van der Waals surface area contributed by atoms with Crippen LogP contribution in [0.1, 0.15) is 42.9 Å². The zero-order chi connectivity index (χ0) is 27.9. The molecule has 198 valence electrons. The topological polar surface area (TPSA) is 158 Å². The molecule has 10 heteroatoms. The molecule has 38 heavy (non-hydrogen) atoms. The van der Waals surface area contributed by atoms with Crippen molar-refractivity contribution >= 4 is 35.6 Å². The van der Waals surface area contributed by atoms with E-state index in [4.69, 9.17) is 25.2 Å². The van der Waals surface area contributed by atoms with Crippen molar-refractivity contribution in [1.82, 2.24) is 0 Å². The fraction of sp³-hybridized carbons (Fsp3) is 0.214. The molecular formula is C28H26O9S. The number of aliphatic carboxylic acids is 3. The zero-order valence-electron chi connectivity index (χ0n) is 20.4. The summed E-state index contributed by atoms with van der Waals surface area (Å²) in [6.07, 6.45) is -1.95. The number of carboxylic acid groups (broad SMARTS) is 3. The molecule has 0 saturated heterocycles. The van der Waals surface area contributed by atoms with E-state index in [1.54, 1.807) is 11.8 Å². The lowest BCUT2D eigenvalue weighted by Gasteiger charge is -2.40. The summed E-state index contributed by atoms with van der Waals surface area (Å²) in [6.45, 7) is 1.83. The molecule has 3 aromatic rings. The Balaban J connectivity index is 0.000000263. The summed E-state index contributed by atoms with van der Waals surface area (Å²) in [7, 11) is 0. The van der Waals surface area contributed by atoms with Crippen molar-refractivity contribution in [1.29, 1.82) is 0 Å². The van der Waals surface area contributed by atoms with E-state index >= 15 is 0 Å². The molecule has 0 radical (unpaired) electrons. The molecule has 0 saturated carbocycles. The van der Waals surface area contributed by atoms with Crippen LogP contribution in [0, 0.1) is 0 Å². The van der Waals surface area contributed by atoms with Crippen molar-refractivity contribution in [3.05, 3.63) is 95.6 Å². The van der Waals surface area contributed by atoms with Gasteiger partial charge in [0.25, 0.3) is 0 Å². The molecule has 1 aliphatic rings. The first kappa shape index (κ1) is 28.4. The second-order valence-corrected chi connectivity index (χ2v) is 9.53. The minimum atomic E-state index is -2.74. The van der Waals surface area contributed by atoms with Crippen LogP contribution in [0.2, 0.25) is 0 Å². The highest BCUT2D eigenvalue weighted by atomic mass is 32.2. The molecule has 0 spiro atoms. The maximum absolute atomic E-state index is 12.4. The van der Waals surface area contributed by atoms with E-state index in [-0.39, 0.29) is 5.97 Å². The van der Waals surface area contributed by atoms with Crippen LogP contribution in [0.4, 0.5) is 0 Å². The van der Waals surface area contributed by atoms with Crippen molar-refractivity contribution in [3.63, 3.8) is 0 Å². The van der Waals surface area contributed by atoms with Crippen molar-refractivity contribution in [2.24, 2.45) is 0 Å². The first-order chi connectivity index (χ1) is 18.0. The number of carboxylic acids is 3. The molecule has 0 aliphatic carbocycles. The molecule has 3 aromatic carbocycles. The van der Waals surface area contributed by atoms with Crippen LogP contribution < -0.4 is 0 Å². The number of rotatable bonds is 8. The molecule has 0 atom stereocenters. The Morgan fingerprint density at radius 3 is 1.63 bits per heavy atom. The van der Waals surface area contributed by atoms with Gasteiger partial charge in [-0.1, -0.05) is 85.4 Å². The quantitative estimate of drug-likeness (QED) is 0.307. The Kier molecular flexibility index (Phi) is 8.92. The minimum Gasteiger partial charge on any atom is -0.481 e. The second-order valence-electron chi connectivity index (χ2n) is 8.45. The lowest BCUT2D eigenvalue weighted by molar-refractivity contribution is -0.170. The molecule has 4 rings (SSSR count). The largest absolute Gasteiger partial charge is 0.481 e. The summed E-state index contributed by atoms with van der Waals surface area (Å²) in [5.41, 5.74) is -0.639. The third kappa shape index (κ3) is 6.04. The van der Waals surface area contributed by atoms with Crippen molar-refractivity contribution in [2.45, 2.75) is 47.2 Å². The van der Waals surface area contributed by atoms with Gasteiger partial charge in [0.2, 0.25) is 0 Å². The van der Waals surface area contributed by atoms with Crippen LogP contribution in [-0.4, -0.2) is 49.9 Å². The summed E-state index contributed by atoms with van der Waals surface area (Å²) in [5, 5.41) is 33.8. The van der Waals surface area contributed by atoms with Crippen LogP contribution in [0.5, 0.6) is 0 Å². The van der Waals surface area contributed by atoms with Gasteiger partial charge in [-0.25, -0.2) is 4.79 Å². The van der Waals surface area contributed by atoms with Crippen molar-refractivity contribution < 1.29 is 44.3 Å². The highest BCUT2D eigenvalue weighted by Gasteiger charge is 2.46. The number of carbonyl (C=O) groups is 4. The number of hydrogen-bond donors (Lipinski definition) is 4. The molecule has 0 amide bonds. The molecule has 0 aromatic heterocycles. The van der Waals surface area contributed by atoms with Gasteiger partial charge >= 0.3 is 23.9 Å². The molecule has 9 nitrogen and oxygen atoms in total. The SMILES string of the molecule is CCC(=O)OC1(c2ccccc2)c2ccccc2Sc2ccccc21.O=C(O)CC(O)(CC(=O)O)C(=O)O. The average molecular weight is 539 g/mol. The number of esters is 1. The predicted octanol–water partition coefficient (Wildman–Crippen LogP) is 4.15. The molecule has 1 heterocycles. The van der Waals surface area contributed by atoms with E-state index < -0.39 is 42.0 Å². The standard InChI is InChI=1S/C22H18O2S.C6H8O7/c1-2-21(23)24-22(16-10-4-3-5-11-16)17-12-6-8-14-19(17)25-20-15-9-7-13-18(20)22;7-3(8)1-6(13,5(11)12)2-4(9)10/h3-15H,2H2,1H3;13H,1-2H2,(H,7,8)(H,9,10)(H,11,12). The predicted molar refractivity (Wildman–Crippen MR) is 137 cm³/mol. The van der Waals surface area contributed by atoms with Crippen LogP contribution in [0.15, 0.2) is 88.7 Å². The zero-order valence-corrected chi connectivity index (χ0v) is 21.2. The first-order valence-corrected chi connectivity index (χ1v) is 12.4. The summed E-state index contributed by atoms with van der Waals surface area (Å²) in [6, 6.07) is 26.4. The Bertz CT molecular complexity index is 1280. The Morgan fingerprint density at radius 2 is 1.21 bits per heavy atom. The maximum atomic E-state index is 12.4. The lowest BCUT2D eigenvalue weighted by atomic mass is 9.79. The molecule has 4 N–H and O–H groups in total. The van der Waals surface area contributed by atoms with Gasteiger partial charge in [0.05, 0.1) is 12.8 Å². The highest BCUT2D eigenvalue weighted by molar-refractivity contribution is 7.99. The summed E-state index contributed by atoms with van der Waals surface area (Å²) in [5.74, 6) is -5.23. The second kappa shape index (κ2) is 11.9. The molecule has 0 bridgehead atoms. The van der Waals surface area contributed by atoms with Crippen LogP contribution in [0.3, 0.4) is 0 Å². The van der Waals surface area contributed by atoms with E-state index in [0.717, 1.165) is 26.5 Å². The normalized spacial score (nSPS) is 13.1. The molecule has 1 aliphatic heterocycles. The van der Waals surface area contributed by atoms with Gasteiger partial charge in [0.1, 0.15) is 0 Å². The van der Waals surface area contributed by atoms with E-state index in [1.165, 1.54) is 0 Å². The van der Waals surface area contributed by atoms with E-state index in [9.17, 15) is 19.2 Å². The number of fused-ring (bicyclic) bond motifs is 2. The number of carbonyl (C=O) groups excluding carboxylic acids is 1. The Labute approximate surface area is 222 Å². The average Bonchev–Trinajstić information content (AvgIpc) is 2.88. The maximum Gasteiger partial charge on any atom is 0.336 e. The van der Waals surface area contributed by atoms with Gasteiger partial charge in [-0.3, -0.25) is 14.4 Å². The third-order valence-corrected chi connectivity index (χ3v) is 6.93. The molecule has 0 unspecified atom stereocenters. The summed E-state index contributed by atoms with van der Waals surface area (Å²) in [4.78, 5) is 45.2. The van der Waals surface area contributed by atoms with E-state index in [2.05, 4.69) is 24.3 Å². The van der Waals surface area contributed by atoms with Crippen LogP contribution in [-0.2, 0) is 29.5 Å². The number of ether oxygens (including phenoxy) is 1. The van der Waals surface area contributed by atoms with E-state index in [0.29, 0.717) is 6.42 Å². The fourth-order valence-corrected chi connectivity index (χ4v) is 5.24. The summed E-state index contributed by atoms with van der Waals surface area (Å²) >= 11 is 1.72. The van der Waals surface area contributed by atoms with Gasteiger partial charge in [-0.05, 0) is 12.1 Å². The van der Waals surface area contributed by atoms with Crippen LogP contribution >= 0.6 is 11.8 Å². The molecular weight excluding hydrogens is 512 g/mol. The third-order valence-electron chi connectivity index (χ3n) is 5.77. The van der Waals surface area contributed by atoms with Gasteiger partial charge < -0.3 is 25.2 Å². The Hall–Kier alpha value is -4.15. The lowest BCUT2D eigenvalue weighted by Crippen LogP contribution is -2.42. The number of benzene rings is 3. The van der Waals surface area contributed by atoms with Gasteiger partial charge in [0, 0.05) is 32.9 Å².